The minimum absolute atomic E-state index is 0.0264. The molecule has 1 heterocycles. The summed E-state index contributed by atoms with van der Waals surface area (Å²) in [6, 6.07) is 9.81. The third-order valence-electron chi connectivity index (χ3n) is 4.06. The molecule has 0 saturated heterocycles. The van der Waals surface area contributed by atoms with Gasteiger partial charge in [0, 0.05) is 18.2 Å². The fourth-order valence-electron chi connectivity index (χ4n) is 2.72. The highest BCUT2D eigenvalue weighted by atomic mass is 32.1. The molecule has 6 nitrogen and oxygen atoms in total. The summed E-state index contributed by atoms with van der Waals surface area (Å²) >= 11 is 1.54. The van der Waals surface area contributed by atoms with Gasteiger partial charge in [0.15, 0.2) is 0 Å². The Kier molecular flexibility index (Phi) is 5.35. The summed E-state index contributed by atoms with van der Waals surface area (Å²) in [5.74, 6) is 0.377. The highest BCUT2D eigenvalue weighted by molar-refractivity contribution is 7.12. The second-order valence-corrected chi connectivity index (χ2v) is 6.95. The van der Waals surface area contributed by atoms with Crippen molar-refractivity contribution in [2.24, 2.45) is 10.7 Å². The van der Waals surface area contributed by atoms with Gasteiger partial charge in [-0.3, -0.25) is 9.69 Å². The normalized spacial score (nSPS) is 14.7. The molecule has 3 rings (SSSR count). The number of aliphatic imine (C=N–C) groups is 1. The lowest BCUT2D eigenvalue weighted by molar-refractivity contribution is -0.138. The lowest BCUT2D eigenvalue weighted by atomic mass is 10.1. The molecule has 1 aromatic carbocycles. The molecule has 0 atom stereocenters. The van der Waals surface area contributed by atoms with E-state index in [-0.39, 0.29) is 6.54 Å². The molecule has 0 radical (unpaired) electrons. The molecule has 1 fully saturated rings. The van der Waals surface area contributed by atoms with Gasteiger partial charge in [-0.1, -0.05) is 6.07 Å². The minimum atomic E-state index is -0.818. The van der Waals surface area contributed by atoms with E-state index >= 15 is 0 Å². The molecule has 2 aromatic rings. The number of ether oxygens (including phenoxy) is 1. The predicted molar refractivity (Wildman–Crippen MR) is 98.8 cm³/mol. The Labute approximate surface area is 150 Å². The van der Waals surface area contributed by atoms with Gasteiger partial charge in [0.1, 0.15) is 11.6 Å². The first-order valence-corrected chi connectivity index (χ1v) is 8.95. The van der Waals surface area contributed by atoms with Gasteiger partial charge in [-0.15, -0.1) is 11.3 Å². The number of methoxy groups -OCH3 is 1. The number of nitrogens with two attached hydrogens (primary N) is 1. The number of nitrogens with zero attached hydrogens (tertiary/aromatic N) is 2. The SMILES string of the molecule is COc1ccc(N=C(N)c2cccs2)cc1CN(CC(=O)O)C1CC1. The van der Waals surface area contributed by atoms with Crippen LogP contribution in [0.2, 0.25) is 0 Å². The number of hydrogen-bond donors (Lipinski definition) is 2. The van der Waals surface area contributed by atoms with Crippen molar-refractivity contribution >= 4 is 28.8 Å². The van der Waals surface area contributed by atoms with Crippen LogP contribution in [-0.2, 0) is 11.3 Å². The standard InChI is InChI=1S/C18H21N3O3S/c1-24-15-7-4-13(20-18(19)16-3-2-8-25-16)9-12(15)10-21(11-17(22)23)14-5-6-14/h2-4,7-9,14H,5-6,10-11H2,1H3,(H2,19,20)(H,22,23). The summed E-state index contributed by atoms with van der Waals surface area (Å²) in [6.45, 7) is 0.543. The highest BCUT2D eigenvalue weighted by Gasteiger charge is 2.30. The Morgan fingerprint density at radius 3 is 2.84 bits per heavy atom. The number of benzene rings is 1. The Morgan fingerprint density at radius 2 is 2.24 bits per heavy atom. The fourth-order valence-corrected chi connectivity index (χ4v) is 3.35. The molecule has 0 bridgehead atoms. The minimum Gasteiger partial charge on any atom is -0.496 e. The number of rotatable bonds is 8. The van der Waals surface area contributed by atoms with Crippen LogP contribution in [0.1, 0.15) is 23.3 Å². The summed E-state index contributed by atoms with van der Waals surface area (Å²) in [6.07, 6.45) is 2.08. The summed E-state index contributed by atoms with van der Waals surface area (Å²) in [5, 5.41) is 11.1. The summed E-state index contributed by atoms with van der Waals surface area (Å²) in [4.78, 5) is 18.5. The zero-order valence-corrected chi connectivity index (χ0v) is 14.8. The number of hydrogen-bond acceptors (Lipinski definition) is 5. The number of aliphatic carboxylic acids is 1. The highest BCUT2D eigenvalue weighted by Crippen LogP contribution is 2.32. The third-order valence-corrected chi connectivity index (χ3v) is 4.95. The lowest BCUT2D eigenvalue weighted by Gasteiger charge is -2.21. The second kappa shape index (κ2) is 7.67. The van der Waals surface area contributed by atoms with Gasteiger partial charge in [0.2, 0.25) is 0 Å². The Balaban J connectivity index is 1.84. The summed E-state index contributed by atoms with van der Waals surface area (Å²) in [7, 11) is 1.61. The molecule has 0 unspecified atom stereocenters. The molecule has 25 heavy (non-hydrogen) atoms. The quantitative estimate of drug-likeness (QED) is 0.559. The van der Waals surface area contributed by atoms with Gasteiger partial charge >= 0.3 is 5.97 Å². The van der Waals surface area contributed by atoms with Crippen molar-refractivity contribution in [2.45, 2.75) is 25.4 Å². The van der Waals surface area contributed by atoms with Gasteiger partial charge in [-0.25, -0.2) is 4.99 Å². The maximum Gasteiger partial charge on any atom is 0.317 e. The van der Waals surface area contributed by atoms with Crippen molar-refractivity contribution in [2.75, 3.05) is 13.7 Å². The Morgan fingerprint density at radius 1 is 1.44 bits per heavy atom. The van der Waals surface area contributed by atoms with Gasteiger partial charge in [-0.2, -0.15) is 0 Å². The number of carbonyl (C=O) groups is 1. The van der Waals surface area contributed by atoms with Crippen LogP contribution >= 0.6 is 11.3 Å². The third kappa shape index (κ3) is 4.58. The van der Waals surface area contributed by atoms with Crippen LogP contribution in [0.5, 0.6) is 5.75 Å². The largest absolute Gasteiger partial charge is 0.496 e. The molecule has 3 N–H and O–H groups in total. The first kappa shape index (κ1) is 17.4. The zero-order valence-electron chi connectivity index (χ0n) is 14.0. The van der Waals surface area contributed by atoms with Crippen LogP contribution in [-0.4, -0.2) is 41.5 Å². The predicted octanol–water partition coefficient (Wildman–Crippen LogP) is 2.84. The van der Waals surface area contributed by atoms with Crippen molar-refractivity contribution < 1.29 is 14.6 Å². The molecular weight excluding hydrogens is 338 g/mol. The number of amidine groups is 1. The molecule has 0 aliphatic heterocycles. The van der Waals surface area contributed by atoms with Gasteiger partial charge in [0.05, 0.1) is 24.2 Å². The van der Waals surface area contributed by atoms with E-state index < -0.39 is 5.97 Å². The van der Waals surface area contributed by atoms with Crippen LogP contribution in [0, 0.1) is 0 Å². The Hall–Kier alpha value is -2.38. The monoisotopic (exact) mass is 359 g/mol. The zero-order chi connectivity index (χ0) is 17.8. The summed E-state index contributed by atoms with van der Waals surface area (Å²) in [5.41, 5.74) is 7.70. The van der Waals surface area contributed by atoms with Gasteiger partial charge in [-0.05, 0) is 42.5 Å². The van der Waals surface area contributed by atoms with E-state index in [1.807, 2.05) is 40.6 Å². The Bertz CT molecular complexity index is 770. The first-order valence-electron chi connectivity index (χ1n) is 8.07. The molecule has 7 heteroatoms. The number of carboxylic acids is 1. The molecule has 1 aliphatic carbocycles. The van der Waals surface area contributed by atoms with Crippen LogP contribution < -0.4 is 10.5 Å². The second-order valence-electron chi connectivity index (χ2n) is 6.00. The van der Waals surface area contributed by atoms with E-state index in [2.05, 4.69) is 4.99 Å². The molecule has 1 saturated carbocycles. The van der Waals surface area contributed by atoms with Crippen molar-refractivity contribution in [3.8, 4) is 5.75 Å². The van der Waals surface area contributed by atoms with E-state index in [0.717, 1.165) is 34.7 Å². The lowest BCUT2D eigenvalue weighted by Crippen LogP contribution is -2.31. The topological polar surface area (TPSA) is 88.2 Å². The number of carboxylic acid groups (broad SMARTS) is 1. The smallest absolute Gasteiger partial charge is 0.317 e. The fraction of sp³-hybridized carbons (Fsp3) is 0.333. The van der Waals surface area contributed by atoms with Crippen LogP contribution in [0.15, 0.2) is 40.7 Å². The maximum absolute atomic E-state index is 11.1. The molecule has 0 spiro atoms. The van der Waals surface area contributed by atoms with Gasteiger partial charge < -0.3 is 15.6 Å². The average molecular weight is 359 g/mol. The van der Waals surface area contributed by atoms with Crippen LogP contribution in [0.3, 0.4) is 0 Å². The van der Waals surface area contributed by atoms with Crippen LogP contribution in [0.25, 0.3) is 0 Å². The van der Waals surface area contributed by atoms with E-state index in [0.29, 0.717) is 18.4 Å². The van der Waals surface area contributed by atoms with Gasteiger partial charge in [0.25, 0.3) is 0 Å². The van der Waals surface area contributed by atoms with Crippen molar-refractivity contribution in [1.29, 1.82) is 0 Å². The average Bonchev–Trinajstić information content (AvgIpc) is 3.28. The van der Waals surface area contributed by atoms with Crippen LogP contribution in [0.4, 0.5) is 5.69 Å². The maximum atomic E-state index is 11.1. The number of thiophene rings is 1. The molecule has 132 valence electrons. The van der Waals surface area contributed by atoms with E-state index in [1.165, 1.54) is 11.3 Å². The van der Waals surface area contributed by atoms with E-state index in [1.54, 1.807) is 7.11 Å². The molecular formula is C18H21N3O3S. The van der Waals surface area contributed by atoms with E-state index in [4.69, 9.17) is 15.6 Å². The van der Waals surface area contributed by atoms with E-state index in [9.17, 15) is 4.79 Å². The van der Waals surface area contributed by atoms with Crippen molar-refractivity contribution in [3.63, 3.8) is 0 Å². The van der Waals surface area contributed by atoms with Crippen molar-refractivity contribution in [1.82, 2.24) is 4.90 Å². The molecule has 1 aliphatic rings. The molecule has 0 amide bonds. The van der Waals surface area contributed by atoms with Crippen molar-refractivity contribution in [3.05, 3.63) is 46.2 Å². The summed E-state index contributed by atoms with van der Waals surface area (Å²) < 4.78 is 5.43. The molecule has 1 aromatic heterocycles. The first-order chi connectivity index (χ1) is 12.1.